The Morgan fingerprint density at radius 1 is 1.47 bits per heavy atom. The Morgan fingerprint density at radius 2 is 2.32 bits per heavy atom. The summed E-state index contributed by atoms with van der Waals surface area (Å²) in [7, 11) is 0. The molecule has 1 atom stereocenters. The van der Waals surface area contributed by atoms with Crippen LogP contribution in [0.15, 0.2) is 36.5 Å². The van der Waals surface area contributed by atoms with E-state index in [4.69, 9.17) is 0 Å². The van der Waals surface area contributed by atoms with E-state index in [1.807, 2.05) is 35.2 Å². The van der Waals surface area contributed by atoms with Crippen LogP contribution in [0, 0.1) is 12.6 Å². The number of H-pyrrole nitrogens is 1. The number of hydrogen-bond acceptors (Lipinski definition) is 3. The van der Waals surface area contributed by atoms with Gasteiger partial charge in [0.2, 0.25) is 5.91 Å². The molecule has 0 saturated carbocycles. The standard InChI is InChI=1S/C14H13N3OS/c18-13(8-11-4-2-1-3-5-11)17-10-19-9-12(17)14-15-6-7-16-14/h1-6,8,12H,9-10H2,(H,15,16)/t12-/m0/s1. The van der Waals surface area contributed by atoms with Gasteiger partial charge in [-0.2, -0.15) is 0 Å². The summed E-state index contributed by atoms with van der Waals surface area (Å²) in [5.74, 6) is 2.40. The van der Waals surface area contributed by atoms with Crippen molar-refractivity contribution in [2.45, 2.75) is 6.04 Å². The summed E-state index contributed by atoms with van der Waals surface area (Å²) in [6.07, 6.45) is 6.09. The minimum absolute atomic E-state index is 0.0173. The number of rotatable bonds is 3. The summed E-state index contributed by atoms with van der Waals surface area (Å²) in [6.45, 7) is 0. The summed E-state index contributed by atoms with van der Waals surface area (Å²) in [6, 6.07) is 9.67. The Morgan fingerprint density at radius 3 is 3.05 bits per heavy atom. The van der Waals surface area contributed by atoms with E-state index in [1.165, 1.54) is 0 Å². The second-order valence-electron chi connectivity index (χ2n) is 4.29. The Bertz CT molecular complexity index is 541. The van der Waals surface area contributed by atoms with Gasteiger partial charge in [0.15, 0.2) is 0 Å². The first kappa shape index (κ1) is 12.3. The van der Waals surface area contributed by atoms with Gasteiger partial charge in [-0.05, 0) is 5.56 Å². The Labute approximate surface area is 116 Å². The summed E-state index contributed by atoms with van der Waals surface area (Å²) >= 11 is 1.74. The molecular weight excluding hydrogens is 258 g/mol. The number of amides is 1. The van der Waals surface area contributed by atoms with Gasteiger partial charge in [0.05, 0.1) is 30.7 Å². The lowest BCUT2D eigenvalue weighted by atomic mass is 10.1. The van der Waals surface area contributed by atoms with Gasteiger partial charge in [-0.15, -0.1) is 11.8 Å². The molecule has 19 heavy (non-hydrogen) atoms. The fraction of sp³-hybridized carbons (Fsp3) is 0.214. The summed E-state index contributed by atoms with van der Waals surface area (Å²) in [4.78, 5) is 21.3. The zero-order chi connectivity index (χ0) is 13.1. The Kier molecular flexibility index (Phi) is 3.55. The van der Waals surface area contributed by atoms with Crippen LogP contribution in [0.1, 0.15) is 17.4 Å². The van der Waals surface area contributed by atoms with Crippen LogP contribution in [0.5, 0.6) is 0 Å². The lowest BCUT2D eigenvalue weighted by molar-refractivity contribution is -0.127. The number of aromatic nitrogens is 2. The molecule has 96 valence electrons. The van der Waals surface area contributed by atoms with Crippen molar-refractivity contribution < 1.29 is 4.79 Å². The molecule has 0 bridgehead atoms. The maximum Gasteiger partial charge on any atom is 0.232 e. The maximum atomic E-state index is 12.3. The topological polar surface area (TPSA) is 49.0 Å². The number of carbonyl (C=O) groups excluding carboxylic acids is 1. The molecule has 1 amide bonds. The van der Waals surface area contributed by atoms with Crippen LogP contribution in [-0.2, 0) is 4.79 Å². The molecule has 3 rings (SSSR count). The number of aromatic amines is 1. The van der Waals surface area contributed by atoms with Crippen molar-refractivity contribution in [2.75, 3.05) is 11.6 Å². The molecule has 1 fully saturated rings. The van der Waals surface area contributed by atoms with Crippen LogP contribution >= 0.6 is 11.8 Å². The molecule has 2 radical (unpaired) electrons. The number of thioether (sulfide) groups is 1. The normalized spacial score (nSPS) is 18.7. The van der Waals surface area contributed by atoms with E-state index in [0.29, 0.717) is 5.88 Å². The third-order valence-electron chi connectivity index (χ3n) is 3.04. The van der Waals surface area contributed by atoms with Crippen molar-refractivity contribution in [3.63, 3.8) is 0 Å². The van der Waals surface area contributed by atoms with Crippen molar-refractivity contribution in [1.82, 2.24) is 14.9 Å². The minimum Gasteiger partial charge on any atom is -0.339 e. The SMILES string of the molecule is O=C([CH]c1ccccc1)N1CSC[C@H]1c1nc[c][nH]1. The second kappa shape index (κ2) is 5.48. The van der Waals surface area contributed by atoms with Crippen LogP contribution in [0.4, 0.5) is 0 Å². The summed E-state index contributed by atoms with van der Waals surface area (Å²) in [5.41, 5.74) is 0.925. The number of benzene rings is 1. The van der Waals surface area contributed by atoms with E-state index in [1.54, 1.807) is 24.4 Å². The Balaban J connectivity index is 1.72. The molecule has 2 heterocycles. The monoisotopic (exact) mass is 271 g/mol. The summed E-state index contributed by atoms with van der Waals surface area (Å²) in [5, 5.41) is 0. The van der Waals surface area contributed by atoms with Crippen molar-refractivity contribution in [3.8, 4) is 0 Å². The molecular formula is C14H13N3OS. The predicted octanol–water partition coefficient (Wildman–Crippen LogP) is 2.04. The zero-order valence-corrected chi connectivity index (χ0v) is 11.1. The van der Waals surface area contributed by atoms with Gasteiger partial charge in [-0.3, -0.25) is 4.79 Å². The van der Waals surface area contributed by atoms with Crippen molar-refractivity contribution in [3.05, 3.63) is 60.5 Å². The number of carbonyl (C=O) groups is 1. The van der Waals surface area contributed by atoms with Gasteiger partial charge in [-0.25, -0.2) is 4.98 Å². The molecule has 1 aromatic carbocycles. The third-order valence-corrected chi connectivity index (χ3v) is 4.05. The van der Waals surface area contributed by atoms with E-state index in [0.717, 1.165) is 17.1 Å². The first-order valence-corrected chi connectivity index (χ1v) is 7.19. The quantitative estimate of drug-likeness (QED) is 0.929. The molecule has 4 nitrogen and oxygen atoms in total. The lowest BCUT2D eigenvalue weighted by Crippen LogP contribution is -2.32. The van der Waals surface area contributed by atoms with Crippen molar-refractivity contribution >= 4 is 17.7 Å². The molecule has 0 unspecified atom stereocenters. The first-order chi connectivity index (χ1) is 9.34. The fourth-order valence-corrected chi connectivity index (χ4v) is 3.24. The number of nitrogens with one attached hydrogen (secondary N) is 1. The van der Waals surface area contributed by atoms with Gasteiger partial charge in [0.1, 0.15) is 5.82 Å². The lowest BCUT2D eigenvalue weighted by Gasteiger charge is -2.22. The molecule has 0 spiro atoms. The van der Waals surface area contributed by atoms with E-state index in [-0.39, 0.29) is 11.9 Å². The fourth-order valence-electron chi connectivity index (χ4n) is 2.07. The maximum absolute atomic E-state index is 12.3. The van der Waals surface area contributed by atoms with E-state index >= 15 is 0 Å². The van der Waals surface area contributed by atoms with Gasteiger partial charge < -0.3 is 9.88 Å². The molecule has 1 saturated heterocycles. The van der Waals surface area contributed by atoms with Gasteiger partial charge >= 0.3 is 0 Å². The predicted molar refractivity (Wildman–Crippen MR) is 74.2 cm³/mol. The van der Waals surface area contributed by atoms with Gasteiger partial charge in [-0.1, -0.05) is 30.3 Å². The molecule has 1 aliphatic heterocycles. The second-order valence-corrected chi connectivity index (χ2v) is 5.29. The number of hydrogen-bond donors (Lipinski definition) is 1. The molecule has 5 heteroatoms. The highest BCUT2D eigenvalue weighted by Gasteiger charge is 2.32. The highest BCUT2D eigenvalue weighted by molar-refractivity contribution is 7.99. The zero-order valence-electron chi connectivity index (χ0n) is 10.2. The van der Waals surface area contributed by atoms with Crippen molar-refractivity contribution in [1.29, 1.82) is 0 Å². The highest BCUT2D eigenvalue weighted by atomic mass is 32.2. The largest absolute Gasteiger partial charge is 0.339 e. The molecule has 2 aromatic rings. The van der Waals surface area contributed by atoms with E-state index in [2.05, 4.69) is 16.2 Å². The van der Waals surface area contributed by atoms with Crippen LogP contribution in [0.3, 0.4) is 0 Å². The third kappa shape index (κ3) is 2.66. The average molecular weight is 271 g/mol. The van der Waals surface area contributed by atoms with Crippen molar-refractivity contribution in [2.24, 2.45) is 0 Å². The van der Waals surface area contributed by atoms with Crippen LogP contribution in [0.25, 0.3) is 0 Å². The molecule has 1 aliphatic rings. The molecule has 1 N–H and O–H groups in total. The van der Waals surface area contributed by atoms with Crippen LogP contribution < -0.4 is 0 Å². The first-order valence-electron chi connectivity index (χ1n) is 6.03. The van der Waals surface area contributed by atoms with E-state index in [9.17, 15) is 4.79 Å². The highest BCUT2D eigenvalue weighted by Crippen LogP contribution is 2.31. The van der Waals surface area contributed by atoms with E-state index < -0.39 is 0 Å². The van der Waals surface area contributed by atoms with Crippen LogP contribution in [-0.4, -0.2) is 32.4 Å². The average Bonchev–Trinajstić information content (AvgIpc) is 3.10. The smallest absolute Gasteiger partial charge is 0.232 e. The number of nitrogens with zero attached hydrogens (tertiary/aromatic N) is 2. The van der Waals surface area contributed by atoms with Gasteiger partial charge in [0, 0.05) is 5.75 Å². The van der Waals surface area contributed by atoms with Gasteiger partial charge in [0.25, 0.3) is 0 Å². The number of imidazole rings is 1. The van der Waals surface area contributed by atoms with Crippen LogP contribution in [0.2, 0.25) is 0 Å². The molecule has 1 aromatic heterocycles. The minimum atomic E-state index is 0.0173. The summed E-state index contributed by atoms with van der Waals surface area (Å²) < 4.78 is 0. The Hall–Kier alpha value is -1.75. The molecule has 0 aliphatic carbocycles.